The minimum atomic E-state index is -0.549. The van der Waals surface area contributed by atoms with E-state index in [1.807, 2.05) is 41.5 Å². The zero-order valence-electron chi connectivity index (χ0n) is 11.9. The van der Waals surface area contributed by atoms with E-state index in [0.29, 0.717) is 0 Å². The predicted molar refractivity (Wildman–Crippen MR) is 66.1 cm³/mol. The van der Waals surface area contributed by atoms with Gasteiger partial charge in [0.2, 0.25) is 5.91 Å². The molecule has 0 bridgehead atoms. The fourth-order valence-electron chi connectivity index (χ4n) is 1.17. The summed E-state index contributed by atoms with van der Waals surface area (Å²) in [5.41, 5.74) is 2.16. The van der Waals surface area contributed by atoms with E-state index in [9.17, 15) is 9.59 Å². The molecule has 0 aromatic rings. The van der Waals surface area contributed by atoms with E-state index in [0.717, 1.165) is 0 Å². The Morgan fingerprint density at radius 2 is 1.59 bits per heavy atom. The van der Waals surface area contributed by atoms with Crippen LogP contribution in [0.15, 0.2) is 0 Å². The first kappa shape index (κ1) is 15.9. The Morgan fingerprint density at radius 3 is 1.88 bits per heavy atom. The van der Waals surface area contributed by atoms with Gasteiger partial charge in [-0.2, -0.15) is 0 Å². The Bertz CT molecular complexity index is 287. The number of nitrogens with zero attached hydrogens (tertiary/aromatic N) is 1. The maximum atomic E-state index is 12.1. The molecular weight excluding hydrogens is 220 g/mol. The SMILES string of the molecule is COC(=O)CN(NC(C)(C)C)C(=O)C(C)(C)C. The average Bonchev–Trinajstić information content (AvgIpc) is 2.11. The van der Waals surface area contributed by atoms with Gasteiger partial charge in [-0.05, 0) is 20.8 Å². The van der Waals surface area contributed by atoms with Crippen LogP contribution in [0.2, 0.25) is 0 Å². The smallest absolute Gasteiger partial charge is 0.327 e. The summed E-state index contributed by atoms with van der Waals surface area (Å²) in [6, 6.07) is 0. The van der Waals surface area contributed by atoms with Crippen LogP contribution in [0.1, 0.15) is 41.5 Å². The number of hydrazine groups is 1. The van der Waals surface area contributed by atoms with Crippen LogP contribution in [-0.2, 0) is 14.3 Å². The normalized spacial score (nSPS) is 12.2. The monoisotopic (exact) mass is 244 g/mol. The van der Waals surface area contributed by atoms with Crippen molar-refractivity contribution in [3.63, 3.8) is 0 Å². The minimum absolute atomic E-state index is 0.0934. The molecule has 0 aromatic carbocycles. The summed E-state index contributed by atoms with van der Waals surface area (Å²) in [6.45, 7) is 11.1. The maximum Gasteiger partial charge on any atom is 0.327 e. The number of esters is 1. The summed E-state index contributed by atoms with van der Waals surface area (Å²) < 4.78 is 4.59. The van der Waals surface area contributed by atoms with Crippen molar-refractivity contribution >= 4 is 11.9 Å². The molecule has 1 amide bonds. The van der Waals surface area contributed by atoms with Gasteiger partial charge in [0.15, 0.2) is 0 Å². The summed E-state index contributed by atoms with van der Waals surface area (Å²) >= 11 is 0. The van der Waals surface area contributed by atoms with Gasteiger partial charge in [-0.1, -0.05) is 20.8 Å². The third kappa shape index (κ3) is 6.26. The topological polar surface area (TPSA) is 58.6 Å². The molecule has 100 valence electrons. The van der Waals surface area contributed by atoms with E-state index in [-0.39, 0.29) is 18.0 Å². The molecule has 5 heteroatoms. The summed E-state index contributed by atoms with van der Waals surface area (Å²) in [5, 5.41) is 1.33. The Hall–Kier alpha value is -1.10. The molecule has 0 fully saturated rings. The molecule has 0 aliphatic rings. The van der Waals surface area contributed by atoms with Gasteiger partial charge in [-0.25, -0.2) is 5.43 Å². The number of hydrogen-bond donors (Lipinski definition) is 1. The quantitative estimate of drug-likeness (QED) is 0.601. The van der Waals surface area contributed by atoms with E-state index >= 15 is 0 Å². The lowest BCUT2D eigenvalue weighted by molar-refractivity contribution is -0.154. The highest BCUT2D eigenvalue weighted by Gasteiger charge is 2.31. The second-order valence-electron chi connectivity index (χ2n) is 6.08. The highest BCUT2D eigenvalue weighted by molar-refractivity contribution is 5.85. The molecule has 0 atom stereocenters. The number of ether oxygens (including phenoxy) is 1. The number of carbonyl (C=O) groups is 2. The van der Waals surface area contributed by atoms with Crippen molar-refractivity contribution in [3.8, 4) is 0 Å². The van der Waals surface area contributed by atoms with Crippen LogP contribution in [0.5, 0.6) is 0 Å². The predicted octanol–water partition coefficient (Wildman–Crippen LogP) is 1.34. The fraction of sp³-hybridized carbons (Fsp3) is 0.833. The van der Waals surface area contributed by atoms with Crippen LogP contribution < -0.4 is 5.43 Å². The molecule has 0 rings (SSSR count). The zero-order chi connectivity index (χ0) is 13.9. The molecule has 0 unspecified atom stereocenters. The summed E-state index contributed by atoms with van der Waals surface area (Å²) in [4.78, 5) is 23.4. The highest BCUT2D eigenvalue weighted by atomic mass is 16.5. The van der Waals surface area contributed by atoms with Crippen LogP contribution >= 0.6 is 0 Å². The molecule has 0 aliphatic heterocycles. The van der Waals surface area contributed by atoms with Crippen molar-refractivity contribution in [1.29, 1.82) is 0 Å². The van der Waals surface area contributed by atoms with Gasteiger partial charge in [-0.3, -0.25) is 14.6 Å². The summed E-state index contributed by atoms with van der Waals surface area (Å²) in [5.74, 6) is -0.586. The third-order valence-corrected chi connectivity index (χ3v) is 1.87. The molecule has 17 heavy (non-hydrogen) atoms. The molecule has 1 N–H and O–H groups in total. The summed E-state index contributed by atoms with van der Waals surface area (Å²) in [6.07, 6.45) is 0. The molecule has 0 saturated carbocycles. The lowest BCUT2D eigenvalue weighted by atomic mass is 9.95. The largest absolute Gasteiger partial charge is 0.468 e. The van der Waals surface area contributed by atoms with Crippen molar-refractivity contribution in [2.45, 2.75) is 47.1 Å². The van der Waals surface area contributed by atoms with Crippen molar-refractivity contribution in [2.24, 2.45) is 5.41 Å². The maximum absolute atomic E-state index is 12.1. The van der Waals surface area contributed by atoms with Gasteiger partial charge in [0, 0.05) is 11.0 Å². The van der Waals surface area contributed by atoms with E-state index in [1.165, 1.54) is 12.1 Å². The zero-order valence-corrected chi connectivity index (χ0v) is 11.9. The molecular formula is C12H24N2O3. The molecule has 0 radical (unpaired) electrons. The van der Waals surface area contributed by atoms with E-state index < -0.39 is 11.4 Å². The Morgan fingerprint density at radius 1 is 1.12 bits per heavy atom. The van der Waals surface area contributed by atoms with Gasteiger partial charge in [0.1, 0.15) is 6.54 Å². The third-order valence-electron chi connectivity index (χ3n) is 1.87. The lowest BCUT2D eigenvalue weighted by Gasteiger charge is -2.34. The first-order valence-electron chi connectivity index (χ1n) is 5.64. The first-order chi connectivity index (χ1) is 7.47. The van der Waals surface area contributed by atoms with E-state index in [1.54, 1.807) is 0 Å². The van der Waals surface area contributed by atoms with Crippen LogP contribution in [0.4, 0.5) is 0 Å². The molecule has 0 aliphatic carbocycles. The van der Waals surface area contributed by atoms with Gasteiger partial charge in [0.25, 0.3) is 0 Å². The van der Waals surface area contributed by atoms with Gasteiger partial charge in [0.05, 0.1) is 7.11 Å². The van der Waals surface area contributed by atoms with Crippen LogP contribution in [-0.4, -0.2) is 36.1 Å². The average molecular weight is 244 g/mol. The summed E-state index contributed by atoms with van der Waals surface area (Å²) in [7, 11) is 1.30. The van der Waals surface area contributed by atoms with Gasteiger partial charge < -0.3 is 4.74 Å². The number of methoxy groups -OCH3 is 1. The van der Waals surface area contributed by atoms with E-state index in [4.69, 9.17) is 0 Å². The lowest BCUT2D eigenvalue weighted by Crippen LogP contribution is -2.56. The van der Waals surface area contributed by atoms with Crippen molar-refractivity contribution < 1.29 is 14.3 Å². The molecule has 0 saturated heterocycles. The van der Waals surface area contributed by atoms with Crippen LogP contribution in [0.25, 0.3) is 0 Å². The van der Waals surface area contributed by atoms with Crippen molar-refractivity contribution in [3.05, 3.63) is 0 Å². The van der Waals surface area contributed by atoms with Crippen LogP contribution in [0, 0.1) is 5.41 Å². The molecule has 5 nitrogen and oxygen atoms in total. The number of amides is 1. The molecule has 0 heterocycles. The molecule has 0 spiro atoms. The van der Waals surface area contributed by atoms with Crippen molar-refractivity contribution in [2.75, 3.05) is 13.7 Å². The Kier molecular flexibility index (Phi) is 5.13. The van der Waals surface area contributed by atoms with Gasteiger partial charge >= 0.3 is 5.97 Å². The number of carbonyl (C=O) groups excluding carboxylic acids is 2. The second-order valence-corrected chi connectivity index (χ2v) is 6.08. The van der Waals surface area contributed by atoms with E-state index in [2.05, 4.69) is 10.2 Å². The second kappa shape index (κ2) is 5.49. The Labute approximate surface area is 103 Å². The number of hydrogen-bond acceptors (Lipinski definition) is 4. The van der Waals surface area contributed by atoms with Crippen LogP contribution in [0.3, 0.4) is 0 Å². The standard InChI is InChI=1S/C12H24N2O3/c1-11(2,3)10(16)14(8-9(15)17-7)13-12(4,5)6/h13H,8H2,1-7H3. The first-order valence-corrected chi connectivity index (χ1v) is 5.64. The fourth-order valence-corrected chi connectivity index (χ4v) is 1.17. The Balaban J connectivity index is 4.86. The van der Waals surface area contributed by atoms with Crippen molar-refractivity contribution in [1.82, 2.24) is 10.4 Å². The number of rotatable bonds is 3. The van der Waals surface area contributed by atoms with Gasteiger partial charge in [-0.15, -0.1) is 0 Å². The molecule has 0 aromatic heterocycles. The highest BCUT2D eigenvalue weighted by Crippen LogP contribution is 2.17. The number of nitrogens with one attached hydrogen (secondary N) is 1. The minimum Gasteiger partial charge on any atom is -0.468 e.